The number of nitrogens with two attached hydrogens (primary N) is 1. The van der Waals surface area contributed by atoms with Crippen LogP contribution in [-0.4, -0.2) is 11.8 Å². The minimum Gasteiger partial charge on any atom is -0.368 e. The molecule has 2 rings (SSSR count). The summed E-state index contributed by atoms with van der Waals surface area (Å²) in [5, 5.41) is 2.70. The van der Waals surface area contributed by atoms with Crippen LogP contribution < -0.4 is 11.1 Å². The number of hydrogen-bond donors (Lipinski definition) is 2. The fourth-order valence-corrected chi connectivity index (χ4v) is 2.17. The van der Waals surface area contributed by atoms with Crippen LogP contribution in [0.3, 0.4) is 0 Å². The third-order valence-corrected chi connectivity index (χ3v) is 3.54. The number of primary amides is 1. The van der Waals surface area contributed by atoms with E-state index in [1.807, 2.05) is 32.0 Å². The van der Waals surface area contributed by atoms with Crippen molar-refractivity contribution >= 4 is 11.8 Å². The zero-order valence-electron chi connectivity index (χ0n) is 12.1. The smallest absolute Gasteiger partial charge is 0.252 e. The Kier molecular flexibility index (Phi) is 4.38. The summed E-state index contributed by atoms with van der Waals surface area (Å²) in [7, 11) is 0. The predicted molar refractivity (Wildman–Crippen MR) is 81.8 cm³/mol. The lowest BCUT2D eigenvalue weighted by molar-refractivity contribution is -0.120. The van der Waals surface area contributed by atoms with Crippen molar-refractivity contribution in [3.05, 3.63) is 70.8 Å². The number of aryl methyl sites for hydroxylation is 1. The Morgan fingerprint density at radius 3 is 2.29 bits per heavy atom. The molecule has 0 aliphatic heterocycles. The number of nitrogens with one attached hydrogen (secondary N) is 1. The van der Waals surface area contributed by atoms with Gasteiger partial charge in [0, 0.05) is 5.56 Å². The molecule has 2 aromatic carbocycles. The van der Waals surface area contributed by atoms with Crippen molar-refractivity contribution in [3.63, 3.8) is 0 Å². The highest BCUT2D eigenvalue weighted by atomic mass is 16.2. The van der Waals surface area contributed by atoms with E-state index in [1.54, 1.807) is 30.3 Å². The first-order chi connectivity index (χ1) is 10.0. The predicted octanol–water partition coefficient (Wildman–Crippen LogP) is 2.26. The zero-order chi connectivity index (χ0) is 15.4. The van der Waals surface area contributed by atoms with Crippen LogP contribution in [0, 0.1) is 13.8 Å². The lowest BCUT2D eigenvalue weighted by Crippen LogP contribution is -2.37. The third kappa shape index (κ3) is 3.28. The number of carbonyl (C=O) groups is 2. The number of rotatable bonds is 4. The Bertz CT molecular complexity index is 666. The van der Waals surface area contributed by atoms with Crippen LogP contribution in [0.1, 0.15) is 33.1 Å². The Balaban J connectivity index is 2.28. The molecule has 21 heavy (non-hydrogen) atoms. The van der Waals surface area contributed by atoms with Crippen molar-refractivity contribution < 1.29 is 9.59 Å². The topological polar surface area (TPSA) is 72.2 Å². The molecule has 2 amide bonds. The Morgan fingerprint density at radius 1 is 1.00 bits per heavy atom. The van der Waals surface area contributed by atoms with Crippen molar-refractivity contribution in [3.8, 4) is 0 Å². The molecule has 0 saturated carbocycles. The van der Waals surface area contributed by atoms with Gasteiger partial charge in [0.25, 0.3) is 5.91 Å². The molecule has 0 bridgehead atoms. The Hall–Kier alpha value is -2.62. The molecular formula is C17H18N2O2. The lowest BCUT2D eigenvalue weighted by atomic mass is 10.0. The molecule has 0 aliphatic carbocycles. The van der Waals surface area contributed by atoms with E-state index < -0.39 is 11.9 Å². The molecule has 4 heteroatoms. The summed E-state index contributed by atoms with van der Waals surface area (Å²) in [6.07, 6.45) is 0. The van der Waals surface area contributed by atoms with Crippen molar-refractivity contribution in [2.75, 3.05) is 0 Å². The molecule has 0 aliphatic rings. The molecule has 2 aromatic rings. The number of hydrogen-bond acceptors (Lipinski definition) is 2. The fourth-order valence-electron chi connectivity index (χ4n) is 2.17. The fraction of sp³-hybridized carbons (Fsp3) is 0.176. The number of amides is 2. The maximum atomic E-state index is 12.4. The first kappa shape index (κ1) is 14.8. The molecule has 3 N–H and O–H groups in total. The Morgan fingerprint density at radius 2 is 1.67 bits per heavy atom. The van der Waals surface area contributed by atoms with Gasteiger partial charge in [0.05, 0.1) is 0 Å². The summed E-state index contributed by atoms with van der Waals surface area (Å²) >= 11 is 0. The highest BCUT2D eigenvalue weighted by molar-refractivity contribution is 5.98. The van der Waals surface area contributed by atoms with Gasteiger partial charge >= 0.3 is 0 Å². The standard InChI is InChI=1S/C17H18N2O2/c1-11-7-6-10-14(12(11)2)17(21)19-15(16(18)20)13-8-4-3-5-9-13/h3-10,15H,1-2H3,(H2,18,20)(H,19,21). The zero-order valence-corrected chi connectivity index (χ0v) is 12.1. The lowest BCUT2D eigenvalue weighted by Gasteiger charge is -2.17. The average Bonchev–Trinajstić information content (AvgIpc) is 2.48. The molecule has 108 valence electrons. The van der Waals surface area contributed by atoms with Gasteiger partial charge in [-0.15, -0.1) is 0 Å². The van der Waals surface area contributed by atoms with Crippen molar-refractivity contribution in [2.24, 2.45) is 5.73 Å². The molecule has 0 heterocycles. The summed E-state index contributed by atoms with van der Waals surface area (Å²) in [4.78, 5) is 24.0. The first-order valence-corrected chi connectivity index (χ1v) is 6.72. The van der Waals surface area contributed by atoms with Gasteiger partial charge in [-0.05, 0) is 36.6 Å². The van der Waals surface area contributed by atoms with Crippen LogP contribution in [-0.2, 0) is 4.79 Å². The van der Waals surface area contributed by atoms with Crippen molar-refractivity contribution in [1.29, 1.82) is 0 Å². The second-order valence-electron chi connectivity index (χ2n) is 4.97. The molecular weight excluding hydrogens is 264 g/mol. The van der Waals surface area contributed by atoms with Gasteiger partial charge in [-0.3, -0.25) is 9.59 Å². The largest absolute Gasteiger partial charge is 0.368 e. The maximum Gasteiger partial charge on any atom is 0.252 e. The van der Waals surface area contributed by atoms with Crippen molar-refractivity contribution in [1.82, 2.24) is 5.32 Å². The summed E-state index contributed by atoms with van der Waals surface area (Å²) < 4.78 is 0. The summed E-state index contributed by atoms with van der Waals surface area (Å²) in [6.45, 7) is 3.82. The average molecular weight is 282 g/mol. The highest BCUT2D eigenvalue weighted by Crippen LogP contribution is 2.16. The molecule has 0 aromatic heterocycles. The minimum absolute atomic E-state index is 0.302. The van der Waals surface area contributed by atoms with E-state index in [2.05, 4.69) is 5.32 Å². The molecule has 0 saturated heterocycles. The second kappa shape index (κ2) is 6.22. The molecule has 4 nitrogen and oxygen atoms in total. The van der Waals surface area contributed by atoms with E-state index >= 15 is 0 Å². The first-order valence-electron chi connectivity index (χ1n) is 6.72. The number of carbonyl (C=O) groups excluding carboxylic acids is 2. The SMILES string of the molecule is Cc1cccc(C(=O)NC(C(N)=O)c2ccccc2)c1C. The van der Waals surface area contributed by atoms with Gasteiger partial charge in [-0.2, -0.15) is 0 Å². The van der Waals surface area contributed by atoms with Crippen LogP contribution in [0.5, 0.6) is 0 Å². The molecule has 1 atom stereocenters. The number of benzene rings is 2. The quantitative estimate of drug-likeness (QED) is 0.902. The molecule has 0 spiro atoms. The van der Waals surface area contributed by atoms with Gasteiger partial charge in [-0.1, -0.05) is 42.5 Å². The van der Waals surface area contributed by atoms with E-state index in [1.165, 1.54) is 0 Å². The van der Waals surface area contributed by atoms with Crippen LogP contribution in [0.2, 0.25) is 0 Å². The summed E-state index contributed by atoms with van der Waals surface area (Å²) in [6, 6.07) is 13.6. The van der Waals surface area contributed by atoms with E-state index in [9.17, 15) is 9.59 Å². The van der Waals surface area contributed by atoms with Crippen molar-refractivity contribution in [2.45, 2.75) is 19.9 Å². The van der Waals surface area contributed by atoms with Gasteiger partial charge in [0.2, 0.25) is 5.91 Å². The second-order valence-corrected chi connectivity index (χ2v) is 4.97. The summed E-state index contributed by atoms with van der Waals surface area (Å²) in [5.41, 5.74) is 8.55. The van der Waals surface area contributed by atoms with Crippen LogP contribution in [0.4, 0.5) is 0 Å². The minimum atomic E-state index is -0.835. The van der Waals surface area contributed by atoms with Gasteiger partial charge in [-0.25, -0.2) is 0 Å². The van der Waals surface area contributed by atoms with E-state index in [-0.39, 0.29) is 5.91 Å². The van der Waals surface area contributed by atoms with Crippen LogP contribution in [0.25, 0.3) is 0 Å². The van der Waals surface area contributed by atoms with E-state index in [0.717, 1.165) is 11.1 Å². The molecule has 1 unspecified atom stereocenters. The molecule has 0 radical (unpaired) electrons. The summed E-state index contributed by atoms with van der Waals surface area (Å²) in [5.74, 6) is -0.885. The van der Waals surface area contributed by atoms with Gasteiger partial charge in [0.1, 0.15) is 6.04 Å². The monoisotopic (exact) mass is 282 g/mol. The van der Waals surface area contributed by atoms with E-state index in [0.29, 0.717) is 11.1 Å². The maximum absolute atomic E-state index is 12.4. The molecule has 0 fully saturated rings. The normalized spacial score (nSPS) is 11.7. The van der Waals surface area contributed by atoms with Crippen LogP contribution in [0.15, 0.2) is 48.5 Å². The van der Waals surface area contributed by atoms with E-state index in [4.69, 9.17) is 5.73 Å². The van der Waals surface area contributed by atoms with Gasteiger partial charge in [0.15, 0.2) is 0 Å². The van der Waals surface area contributed by atoms with Gasteiger partial charge < -0.3 is 11.1 Å². The van der Waals surface area contributed by atoms with Crippen LogP contribution >= 0.6 is 0 Å². The Labute approximate surface area is 124 Å². The third-order valence-electron chi connectivity index (χ3n) is 3.54. The highest BCUT2D eigenvalue weighted by Gasteiger charge is 2.21.